The normalized spacial score (nSPS) is 11.6. The molecular weight excluding hydrogens is 256 g/mol. The lowest BCUT2D eigenvalue weighted by Crippen LogP contribution is -2.16. The number of nitrogens with two attached hydrogens (primary N) is 1. The molecule has 0 aliphatic rings. The third kappa shape index (κ3) is 2.00. The van der Waals surface area contributed by atoms with Crippen molar-refractivity contribution in [3.8, 4) is 0 Å². The van der Waals surface area contributed by atoms with Crippen LogP contribution in [0.1, 0.15) is 10.4 Å². The molecule has 2 aromatic rings. The van der Waals surface area contributed by atoms with Gasteiger partial charge in [-0.25, -0.2) is 8.42 Å². The van der Waals surface area contributed by atoms with Gasteiger partial charge in [0.2, 0.25) is 0 Å². The molecule has 3 N–H and O–H groups in total. The number of nitrogens with one attached hydrogen (secondary N) is 1. The van der Waals surface area contributed by atoms with Crippen molar-refractivity contribution >= 4 is 26.5 Å². The topological polar surface area (TPSA) is 110 Å². The molecule has 18 heavy (non-hydrogen) atoms. The molecular formula is C11H10N2O4S. The van der Waals surface area contributed by atoms with Gasteiger partial charge in [-0.05, 0) is 12.1 Å². The third-order valence-electron chi connectivity index (χ3n) is 2.57. The molecule has 1 aromatic heterocycles. The lowest BCUT2D eigenvalue weighted by molar-refractivity contribution is 0.100. The number of pyridine rings is 1. The number of amides is 1. The van der Waals surface area contributed by atoms with E-state index >= 15 is 0 Å². The minimum Gasteiger partial charge on any atom is -0.366 e. The van der Waals surface area contributed by atoms with E-state index in [0.29, 0.717) is 5.39 Å². The highest BCUT2D eigenvalue weighted by atomic mass is 32.2. The Morgan fingerprint density at radius 3 is 2.50 bits per heavy atom. The highest BCUT2D eigenvalue weighted by Gasteiger charge is 2.13. The maximum absolute atomic E-state index is 11.6. The first kappa shape index (κ1) is 12.3. The Balaban J connectivity index is 2.91. The summed E-state index contributed by atoms with van der Waals surface area (Å²) in [5.41, 5.74) is 4.85. The predicted molar refractivity (Wildman–Crippen MR) is 66.2 cm³/mol. The average molecular weight is 266 g/mol. The van der Waals surface area contributed by atoms with E-state index < -0.39 is 21.3 Å². The third-order valence-corrected chi connectivity index (χ3v) is 3.68. The van der Waals surface area contributed by atoms with Crippen molar-refractivity contribution in [2.24, 2.45) is 5.73 Å². The van der Waals surface area contributed by atoms with Crippen molar-refractivity contribution in [3.05, 3.63) is 40.3 Å². The van der Waals surface area contributed by atoms with E-state index in [1.165, 1.54) is 24.4 Å². The van der Waals surface area contributed by atoms with Crippen molar-refractivity contribution in [1.82, 2.24) is 4.98 Å². The number of primary amides is 1. The van der Waals surface area contributed by atoms with Crippen LogP contribution in [0.4, 0.5) is 0 Å². The van der Waals surface area contributed by atoms with Crippen molar-refractivity contribution in [1.29, 1.82) is 0 Å². The summed E-state index contributed by atoms with van der Waals surface area (Å²) < 4.78 is 22.8. The summed E-state index contributed by atoms with van der Waals surface area (Å²) >= 11 is 0. The fraction of sp³-hybridized carbons (Fsp3) is 0.0909. The summed E-state index contributed by atoms with van der Waals surface area (Å²) in [4.78, 5) is 25.2. The number of carbonyl (C=O) groups is 1. The van der Waals surface area contributed by atoms with E-state index in [1.807, 2.05) is 0 Å². The molecule has 0 aliphatic carbocycles. The smallest absolute Gasteiger partial charge is 0.255 e. The lowest BCUT2D eigenvalue weighted by atomic mass is 10.1. The molecule has 6 nitrogen and oxygen atoms in total. The molecule has 0 saturated carbocycles. The van der Waals surface area contributed by atoms with Gasteiger partial charge in [-0.2, -0.15) is 0 Å². The molecule has 7 heteroatoms. The minimum absolute atomic E-state index is 0.0159. The summed E-state index contributed by atoms with van der Waals surface area (Å²) in [6.45, 7) is 0. The van der Waals surface area contributed by atoms with E-state index in [0.717, 1.165) is 6.26 Å². The van der Waals surface area contributed by atoms with Crippen molar-refractivity contribution in [2.45, 2.75) is 4.90 Å². The first-order valence-electron chi connectivity index (χ1n) is 4.96. The molecule has 0 saturated heterocycles. The molecule has 1 heterocycles. The number of benzene rings is 1. The second kappa shape index (κ2) is 3.95. The monoisotopic (exact) mass is 266 g/mol. The molecule has 0 unspecified atom stereocenters. The average Bonchev–Trinajstić information content (AvgIpc) is 2.27. The molecule has 0 aliphatic heterocycles. The van der Waals surface area contributed by atoms with Crippen LogP contribution in [0.15, 0.2) is 34.1 Å². The minimum atomic E-state index is -3.41. The van der Waals surface area contributed by atoms with Gasteiger partial charge in [-0.15, -0.1) is 0 Å². The number of rotatable bonds is 2. The standard InChI is InChI=1S/C11H10N2O4S/c1-18(16,17)6-2-3-7-8(4-6)11(15)13-5-9(7)10(12)14/h2-5H,1H3,(H2,12,14)(H,13,15). The molecule has 0 fully saturated rings. The number of aromatic amines is 1. The number of hydrogen-bond donors (Lipinski definition) is 2. The number of H-pyrrole nitrogens is 1. The Morgan fingerprint density at radius 1 is 1.28 bits per heavy atom. The zero-order valence-corrected chi connectivity index (χ0v) is 10.2. The van der Waals surface area contributed by atoms with Crippen LogP contribution in [0.2, 0.25) is 0 Å². The highest BCUT2D eigenvalue weighted by Crippen LogP contribution is 2.18. The lowest BCUT2D eigenvalue weighted by Gasteiger charge is -2.04. The number of sulfone groups is 1. The summed E-state index contributed by atoms with van der Waals surface area (Å²) in [5, 5.41) is 0.452. The molecule has 1 aromatic carbocycles. The SMILES string of the molecule is CS(=O)(=O)c1ccc2c(C(N)=O)c[nH]c(=O)c2c1. The van der Waals surface area contributed by atoms with E-state index in [1.54, 1.807) is 0 Å². The first-order valence-corrected chi connectivity index (χ1v) is 6.85. The number of hydrogen-bond acceptors (Lipinski definition) is 4. The van der Waals surface area contributed by atoms with Gasteiger partial charge in [0.15, 0.2) is 9.84 Å². The van der Waals surface area contributed by atoms with Crippen molar-refractivity contribution < 1.29 is 13.2 Å². The maximum atomic E-state index is 11.6. The molecule has 0 radical (unpaired) electrons. The van der Waals surface area contributed by atoms with Crippen LogP contribution < -0.4 is 11.3 Å². The van der Waals surface area contributed by atoms with Crippen LogP contribution >= 0.6 is 0 Å². The number of aromatic nitrogens is 1. The first-order chi connectivity index (χ1) is 8.30. The van der Waals surface area contributed by atoms with E-state index in [9.17, 15) is 18.0 Å². The predicted octanol–water partition coefficient (Wildman–Crippen LogP) is 0.0305. The summed E-state index contributed by atoms with van der Waals surface area (Å²) in [5.74, 6) is -0.691. The Kier molecular flexibility index (Phi) is 2.70. The highest BCUT2D eigenvalue weighted by molar-refractivity contribution is 7.90. The van der Waals surface area contributed by atoms with Crippen LogP contribution in [-0.2, 0) is 9.84 Å². The van der Waals surface area contributed by atoms with E-state index in [4.69, 9.17) is 5.73 Å². The van der Waals surface area contributed by atoms with Gasteiger partial charge in [-0.3, -0.25) is 9.59 Å². The van der Waals surface area contributed by atoms with Crippen molar-refractivity contribution in [3.63, 3.8) is 0 Å². The van der Waals surface area contributed by atoms with E-state index in [-0.39, 0.29) is 15.8 Å². The Morgan fingerprint density at radius 2 is 1.94 bits per heavy atom. The fourth-order valence-electron chi connectivity index (χ4n) is 1.67. The zero-order chi connectivity index (χ0) is 13.5. The summed E-state index contributed by atoms with van der Waals surface area (Å²) in [6, 6.07) is 3.97. The van der Waals surface area contributed by atoms with Crippen LogP contribution in [0, 0.1) is 0 Å². The van der Waals surface area contributed by atoms with Gasteiger partial charge < -0.3 is 10.7 Å². The molecule has 0 atom stereocenters. The maximum Gasteiger partial charge on any atom is 0.255 e. The fourth-order valence-corrected chi connectivity index (χ4v) is 2.32. The van der Waals surface area contributed by atoms with Crippen LogP contribution in [0.5, 0.6) is 0 Å². The molecule has 94 valence electrons. The van der Waals surface area contributed by atoms with Crippen LogP contribution in [0.25, 0.3) is 10.8 Å². The van der Waals surface area contributed by atoms with Crippen molar-refractivity contribution in [2.75, 3.05) is 6.26 Å². The van der Waals surface area contributed by atoms with Gasteiger partial charge in [-0.1, -0.05) is 6.07 Å². The Hall–Kier alpha value is -2.15. The number of fused-ring (bicyclic) bond motifs is 1. The largest absolute Gasteiger partial charge is 0.366 e. The summed E-state index contributed by atoms with van der Waals surface area (Å²) in [7, 11) is -3.41. The van der Waals surface area contributed by atoms with Crippen LogP contribution in [0.3, 0.4) is 0 Å². The van der Waals surface area contributed by atoms with Gasteiger partial charge in [0.05, 0.1) is 10.5 Å². The van der Waals surface area contributed by atoms with Gasteiger partial charge in [0.25, 0.3) is 11.5 Å². The molecule has 1 amide bonds. The quantitative estimate of drug-likeness (QED) is 0.798. The molecule has 2 rings (SSSR count). The van der Waals surface area contributed by atoms with Gasteiger partial charge in [0.1, 0.15) is 0 Å². The Bertz CT molecular complexity index is 805. The Labute approximate surface area is 102 Å². The van der Waals surface area contributed by atoms with Crippen LogP contribution in [-0.4, -0.2) is 25.6 Å². The second-order valence-electron chi connectivity index (χ2n) is 3.88. The second-order valence-corrected chi connectivity index (χ2v) is 5.89. The van der Waals surface area contributed by atoms with Gasteiger partial charge in [0, 0.05) is 23.2 Å². The van der Waals surface area contributed by atoms with E-state index in [2.05, 4.69) is 4.98 Å². The molecule has 0 bridgehead atoms. The number of carbonyl (C=O) groups excluding carboxylic acids is 1. The summed E-state index contributed by atoms with van der Waals surface area (Å²) in [6.07, 6.45) is 2.26. The zero-order valence-electron chi connectivity index (χ0n) is 9.43. The van der Waals surface area contributed by atoms with Gasteiger partial charge >= 0.3 is 0 Å². The molecule has 0 spiro atoms.